The Hall–Kier alpha value is -4.05. The van der Waals surface area contributed by atoms with E-state index in [2.05, 4.69) is 26.2 Å². The second-order valence-corrected chi connectivity index (χ2v) is 7.21. The van der Waals surface area contributed by atoms with Crippen LogP contribution in [-0.4, -0.2) is 49.1 Å². The molecule has 2 amide bonds. The number of tetrazole rings is 1. The first-order chi connectivity index (χ1) is 15.3. The van der Waals surface area contributed by atoms with E-state index in [1.54, 1.807) is 55.5 Å². The SMILES string of the molecule is CC(NC(=O)/C=C/c1cc(Cl)ccc1-n1cnnn1)C(=O)Nc1ccc(CC(=O)O)cc1. The predicted molar refractivity (Wildman–Crippen MR) is 117 cm³/mol. The highest BCUT2D eigenvalue weighted by Crippen LogP contribution is 2.20. The van der Waals surface area contributed by atoms with Crippen LogP contribution in [0.25, 0.3) is 11.8 Å². The van der Waals surface area contributed by atoms with Gasteiger partial charge in [0.1, 0.15) is 12.4 Å². The number of aromatic nitrogens is 4. The summed E-state index contributed by atoms with van der Waals surface area (Å²) in [5, 5.41) is 25.5. The Morgan fingerprint density at radius 2 is 1.94 bits per heavy atom. The molecule has 0 radical (unpaired) electrons. The van der Waals surface area contributed by atoms with E-state index >= 15 is 0 Å². The molecule has 10 nitrogen and oxygen atoms in total. The number of carboxylic acid groups (broad SMARTS) is 1. The summed E-state index contributed by atoms with van der Waals surface area (Å²) in [5.74, 6) is -1.84. The van der Waals surface area contributed by atoms with Gasteiger partial charge in [-0.1, -0.05) is 23.7 Å². The summed E-state index contributed by atoms with van der Waals surface area (Å²) in [6, 6.07) is 10.7. The van der Waals surface area contributed by atoms with Crippen LogP contribution in [0.2, 0.25) is 5.02 Å². The van der Waals surface area contributed by atoms with E-state index in [1.807, 2.05) is 0 Å². The molecule has 164 valence electrons. The molecule has 2 aromatic carbocycles. The lowest BCUT2D eigenvalue weighted by Crippen LogP contribution is -2.40. The van der Waals surface area contributed by atoms with Gasteiger partial charge in [0.2, 0.25) is 11.8 Å². The smallest absolute Gasteiger partial charge is 0.307 e. The van der Waals surface area contributed by atoms with Crippen LogP contribution in [0, 0.1) is 0 Å². The molecule has 0 aliphatic rings. The second-order valence-electron chi connectivity index (χ2n) is 6.78. The molecule has 32 heavy (non-hydrogen) atoms. The summed E-state index contributed by atoms with van der Waals surface area (Å²) in [5.41, 5.74) is 2.34. The van der Waals surface area contributed by atoms with E-state index in [4.69, 9.17) is 16.7 Å². The van der Waals surface area contributed by atoms with Crippen molar-refractivity contribution in [3.63, 3.8) is 0 Å². The number of nitrogens with one attached hydrogen (secondary N) is 2. The quantitative estimate of drug-likeness (QED) is 0.443. The van der Waals surface area contributed by atoms with Gasteiger partial charge in [-0.15, -0.1) is 5.10 Å². The molecule has 1 atom stereocenters. The molecular formula is C21H19ClN6O4. The van der Waals surface area contributed by atoms with E-state index in [0.717, 1.165) is 0 Å². The maximum absolute atomic E-state index is 12.4. The zero-order valence-corrected chi connectivity index (χ0v) is 17.7. The molecule has 0 fully saturated rings. The molecule has 0 aliphatic carbocycles. The second kappa shape index (κ2) is 10.3. The maximum atomic E-state index is 12.4. The number of hydrogen-bond donors (Lipinski definition) is 3. The number of amides is 2. The van der Waals surface area contributed by atoms with Crippen molar-refractivity contribution in [1.82, 2.24) is 25.5 Å². The van der Waals surface area contributed by atoms with Crippen molar-refractivity contribution < 1.29 is 19.5 Å². The average Bonchev–Trinajstić information content (AvgIpc) is 3.28. The summed E-state index contributed by atoms with van der Waals surface area (Å²) in [4.78, 5) is 35.4. The van der Waals surface area contributed by atoms with Crippen LogP contribution in [-0.2, 0) is 20.8 Å². The number of halogens is 1. The monoisotopic (exact) mass is 454 g/mol. The van der Waals surface area contributed by atoms with E-state index < -0.39 is 23.8 Å². The van der Waals surface area contributed by atoms with Crippen LogP contribution in [0.5, 0.6) is 0 Å². The average molecular weight is 455 g/mol. The number of rotatable bonds is 8. The van der Waals surface area contributed by atoms with Crippen molar-refractivity contribution in [2.24, 2.45) is 0 Å². The number of carboxylic acids is 1. The maximum Gasteiger partial charge on any atom is 0.307 e. The van der Waals surface area contributed by atoms with Gasteiger partial charge in [-0.25, -0.2) is 0 Å². The minimum Gasteiger partial charge on any atom is -0.481 e. The largest absolute Gasteiger partial charge is 0.481 e. The number of hydrogen-bond acceptors (Lipinski definition) is 6. The van der Waals surface area contributed by atoms with Crippen molar-refractivity contribution >= 4 is 41.1 Å². The Morgan fingerprint density at radius 3 is 2.59 bits per heavy atom. The molecule has 3 N–H and O–H groups in total. The van der Waals surface area contributed by atoms with Gasteiger partial charge in [0.25, 0.3) is 0 Å². The van der Waals surface area contributed by atoms with Crippen LogP contribution in [0.1, 0.15) is 18.1 Å². The van der Waals surface area contributed by atoms with Crippen molar-refractivity contribution in [2.45, 2.75) is 19.4 Å². The van der Waals surface area contributed by atoms with Crippen LogP contribution < -0.4 is 10.6 Å². The first kappa shape index (κ1) is 22.6. The number of anilines is 1. The van der Waals surface area contributed by atoms with Gasteiger partial charge in [0.15, 0.2) is 0 Å². The summed E-state index contributed by atoms with van der Waals surface area (Å²) in [7, 11) is 0. The molecule has 3 rings (SSSR count). The summed E-state index contributed by atoms with van der Waals surface area (Å²) in [6.45, 7) is 1.55. The third kappa shape index (κ3) is 6.22. The molecule has 0 bridgehead atoms. The first-order valence-electron chi connectivity index (χ1n) is 9.45. The highest BCUT2D eigenvalue weighted by atomic mass is 35.5. The number of benzene rings is 2. The predicted octanol–water partition coefficient (Wildman–Crippen LogP) is 2.10. The molecule has 1 heterocycles. The number of carbonyl (C=O) groups is 3. The zero-order chi connectivity index (χ0) is 23.1. The third-order valence-corrected chi connectivity index (χ3v) is 4.56. The van der Waals surface area contributed by atoms with Crippen LogP contribution >= 0.6 is 11.6 Å². The van der Waals surface area contributed by atoms with Gasteiger partial charge in [-0.3, -0.25) is 14.4 Å². The Balaban J connectivity index is 1.60. The van der Waals surface area contributed by atoms with Gasteiger partial charge >= 0.3 is 5.97 Å². The Bertz CT molecular complexity index is 1150. The lowest BCUT2D eigenvalue weighted by molar-refractivity contribution is -0.136. The molecule has 11 heteroatoms. The third-order valence-electron chi connectivity index (χ3n) is 4.33. The standard InChI is InChI=1S/C21H19ClN6O4/c1-13(21(32)25-17-6-2-14(3-7-17)10-20(30)31)24-19(29)9-4-15-11-16(22)5-8-18(15)28-12-23-26-27-28/h2-9,11-13H,10H2,1H3,(H,24,29)(H,25,32)(H,30,31)/b9-4+. The van der Waals surface area contributed by atoms with Crippen molar-refractivity contribution in [3.8, 4) is 5.69 Å². The van der Waals surface area contributed by atoms with Gasteiger partial charge in [-0.05, 0) is 59.3 Å². The lowest BCUT2D eigenvalue weighted by Gasteiger charge is -2.13. The van der Waals surface area contributed by atoms with Crippen molar-refractivity contribution in [3.05, 3.63) is 71.0 Å². The molecule has 0 saturated heterocycles. The van der Waals surface area contributed by atoms with Gasteiger partial charge in [0.05, 0.1) is 12.1 Å². The van der Waals surface area contributed by atoms with Crippen LogP contribution in [0.3, 0.4) is 0 Å². The van der Waals surface area contributed by atoms with E-state index in [0.29, 0.717) is 27.5 Å². The van der Waals surface area contributed by atoms with Gasteiger partial charge in [-0.2, -0.15) is 4.68 Å². The Labute approximate surface area is 187 Å². The Morgan fingerprint density at radius 1 is 1.19 bits per heavy atom. The molecular weight excluding hydrogens is 436 g/mol. The summed E-state index contributed by atoms with van der Waals surface area (Å²) >= 11 is 6.05. The molecule has 0 spiro atoms. The van der Waals surface area contributed by atoms with E-state index in [1.165, 1.54) is 17.1 Å². The Kier molecular flexibility index (Phi) is 7.29. The fraction of sp³-hybridized carbons (Fsp3) is 0.143. The fourth-order valence-electron chi connectivity index (χ4n) is 2.76. The first-order valence-corrected chi connectivity index (χ1v) is 9.82. The number of nitrogens with zero attached hydrogens (tertiary/aromatic N) is 4. The highest BCUT2D eigenvalue weighted by Gasteiger charge is 2.15. The molecule has 1 unspecified atom stereocenters. The number of carbonyl (C=O) groups excluding carboxylic acids is 2. The van der Waals surface area contributed by atoms with E-state index in [9.17, 15) is 14.4 Å². The fourth-order valence-corrected chi connectivity index (χ4v) is 2.94. The normalized spacial score (nSPS) is 11.8. The molecule has 3 aromatic rings. The summed E-state index contributed by atoms with van der Waals surface area (Å²) < 4.78 is 1.44. The molecule has 0 aliphatic heterocycles. The summed E-state index contributed by atoms with van der Waals surface area (Å²) in [6.07, 6.45) is 4.14. The number of aliphatic carboxylic acids is 1. The van der Waals surface area contributed by atoms with Crippen LogP contribution in [0.4, 0.5) is 5.69 Å². The van der Waals surface area contributed by atoms with Crippen LogP contribution in [0.15, 0.2) is 54.9 Å². The minimum atomic E-state index is -0.936. The van der Waals surface area contributed by atoms with E-state index in [-0.39, 0.29) is 6.42 Å². The molecule has 1 aromatic heterocycles. The van der Waals surface area contributed by atoms with Crippen molar-refractivity contribution in [2.75, 3.05) is 5.32 Å². The molecule has 0 saturated carbocycles. The van der Waals surface area contributed by atoms with Gasteiger partial charge < -0.3 is 15.7 Å². The highest BCUT2D eigenvalue weighted by molar-refractivity contribution is 6.30. The minimum absolute atomic E-state index is 0.102. The lowest BCUT2D eigenvalue weighted by atomic mass is 10.1. The zero-order valence-electron chi connectivity index (χ0n) is 16.9. The van der Waals surface area contributed by atoms with Gasteiger partial charge in [0, 0.05) is 22.3 Å². The van der Waals surface area contributed by atoms with Crippen molar-refractivity contribution in [1.29, 1.82) is 0 Å². The topological polar surface area (TPSA) is 139 Å².